The average Bonchev–Trinajstić information content (AvgIpc) is 3.49. The predicted octanol–water partition coefficient (Wildman–Crippen LogP) is 2.09. The van der Waals surface area contributed by atoms with Crippen LogP contribution < -0.4 is 0 Å². The summed E-state index contributed by atoms with van der Waals surface area (Å²) in [6, 6.07) is 3.27. The van der Waals surface area contributed by atoms with Crippen molar-refractivity contribution in [3.05, 3.63) is 34.4 Å². The standard InChI is InChI=1S/C20H22O7/c21-18(22)15-7-11(5-13-9-24-13)12(6-14-10-25-14)8-16(15)19(23)27-20-4-2-1-3-17(20)26-20/h7-8,13-14,17H,1-6,9-10H2,(H,21,22). The van der Waals surface area contributed by atoms with E-state index in [0.29, 0.717) is 32.5 Å². The summed E-state index contributed by atoms with van der Waals surface area (Å²) in [6.07, 6.45) is 5.08. The third kappa shape index (κ3) is 3.47. The van der Waals surface area contributed by atoms with Gasteiger partial charge in [0.25, 0.3) is 0 Å². The number of hydrogen-bond acceptors (Lipinski definition) is 6. The van der Waals surface area contributed by atoms with Gasteiger partial charge in [-0.15, -0.1) is 0 Å². The largest absolute Gasteiger partial charge is 0.478 e. The smallest absolute Gasteiger partial charge is 0.341 e. The number of hydrogen-bond donors (Lipinski definition) is 1. The van der Waals surface area contributed by atoms with Gasteiger partial charge in [-0.3, -0.25) is 0 Å². The van der Waals surface area contributed by atoms with Gasteiger partial charge in [-0.2, -0.15) is 0 Å². The van der Waals surface area contributed by atoms with Gasteiger partial charge in [0.2, 0.25) is 5.79 Å². The summed E-state index contributed by atoms with van der Waals surface area (Å²) in [6.45, 7) is 1.38. The van der Waals surface area contributed by atoms with E-state index in [1.165, 1.54) is 0 Å². The zero-order valence-electron chi connectivity index (χ0n) is 14.9. The fourth-order valence-corrected chi connectivity index (χ4v) is 4.04. The van der Waals surface area contributed by atoms with Crippen molar-refractivity contribution in [1.82, 2.24) is 0 Å². The highest BCUT2D eigenvalue weighted by molar-refractivity contribution is 6.03. The number of fused-ring (bicyclic) bond motifs is 1. The number of benzene rings is 1. The fourth-order valence-electron chi connectivity index (χ4n) is 4.04. The molecule has 0 bridgehead atoms. The fraction of sp³-hybridized carbons (Fsp3) is 0.600. The summed E-state index contributed by atoms with van der Waals surface area (Å²) in [5.74, 6) is -2.60. The van der Waals surface area contributed by atoms with Crippen LogP contribution in [0.5, 0.6) is 0 Å². The van der Waals surface area contributed by atoms with E-state index in [1.54, 1.807) is 12.1 Å². The van der Waals surface area contributed by atoms with E-state index in [-0.39, 0.29) is 29.4 Å². The lowest BCUT2D eigenvalue weighted by atomic mass is 9.92. The number of esters is 1. The second-order valence-corrected chi connectivity index (χ2v) is 7.84. The van der Waals surface area contributed by atoms with E-state index in [4.69, 9.17) is 18.9 Å². The Morgan fingerprint density at radius 1 is 1.07 bits per heavy atom. The average molecular weight is 374 g/mol. The maximum absolute atomic E-state index is 12.8. The van der Waals surface area contributed by atoms with Crippen LogP contribution in [0.4, 0.5) is 0 Å². The van der Waals surface area contributed by atoms with E-state index in [9.17, 15) is 14.7 Å². The zero-order valence-corrected chi connectivity index (χ0v) is 14.9. The first-order chi connectivity index (χ1) is 13.0. The number of carboxylic acid groups (broad SMARTS) is 1. The Morgan fingerprint density at radius 3 is 2.26 bits per heavy atom. The van der Waals surface area contributed by atoms with Gasteiger partial charge in [0.15, 0.2) is 0 Å². The number of epoxide rings is 3. The molecule has 4 atom stereocenters. The van der Waals surface area contributed by atoms with Crippen molar-refractivity contribution in [2.24, 2.45) is 0 Å². The lowest BCUT2D eigenvalue weighted by Gasteiger charge is -2.19. The van der Waals surface area contributed by atoms with Crippen LogP contribution in [0.25, 0.3) is 0 Å². The molecule has 3 heterocycles. The minimum atomic E-state index is -1.14. The summed E-state index contributed by atoms with van der Waals surface area (Å²) in [5, 5.41) is 9.66. The number of carboxylic acids is 1. The van der Waals surface area contributed by atoms with Crippen molar-refractivity contribution < 1.29 is 33.6 Å². The SMILES string of the molecule is O=C(O)c1cc(CC2CO2)c(CC2CO2)cc1C(=O)OC12CCCCC1O2. The summed E-state index contributed by atoms with van der Waals surface area (Å²) < 4.78 is 21.9. The van der Waals surface area contributed by atoms with Crippen LogP contribution in [-0.4, -0.2) is 54.4 Å². The van der Waals surface area contributed by atoms with Crippen LogP contribution in [0.15, 0.2) is 12.1 Å². The highest BCUT2D eigenvalue weighted by Gasteiger charge is 2.61. The van der Waals surface area contributed by atoms with Crippen molar-refractivity contribution in [3.8, 4) is 0 Å². The molecule has 4 fully saturated rings. The molecule has 0 amide bonds. The highest BCUT2D eigenvalue weighted by atomic mass is 16.8. The Morgan fingerprint density at radius 2 is 1.70 bits per heavy atom. The Bertz CT molecular complexity index is 796. The van der Waals surface area contributed by atoms with Crippen LogP contribution in [-0.2, 0) is 31.8 Å². The van der Waals surface area contributed by atoms with Gasteiger partial charge in [0, 0.05) is 19.3 Å². The van der Waals surface area contributed by atoms with Gasteiger partial charge in [0.05, 0.1) is 36.5 Å². The van der Waals surface area contributed by atoms with Crippen molar-refractivity contribution in [1.29, 1.82) is 0 Å². The topological polar surface area (TPSA) is 101 Å². The molecule has 7 nitrogen and oxygen atoms in total. The van der Waals surface area contributed by atoms with Gasteiger partial charge < -0.3 is 24.1 Å². The molecule has 0 aromatic heterocycles. The van der Waals surface area contributed by atoms with Crippen LogP contribution in [0, 0.1) is 0 Å². The monoisotopic (exact) mass is 374 g/mol. The van der Waals surface area contributed by atoms with Crippen molar-refractivity contribution >= 4 is 11.9 Å². The number of aromatic carboxylic acids is 1. The van der Waals surface area contributed by atoms with Gasteiger partial charge in [0.1, 0.15) is 6.10 Å². The first kappa shape index (κ1) is 17.2. The quantitative estimate of drug-likeness (QED) is 0.576. The highest BCUT2D eigenvalue weighted by Crippen LogP contribution is 2.49. The summed E-state index contributed by atoms with van der Waals surface area (Å²) in [4.78, 5) is 24.7. The first-order valence-electron chi connectivity index (χ1n) is 9.57. The molecule has 3 aliphatic heterocycles. The summed E-state index contributed by atoms with van der Waals surface area (Å²) >= 11 is 0. The third-order valence-electron chi connectivity index (χ3n) is 5.77. The minimum Gasteiger partial charge on any atom is -0.478 e. The van der Waals surface area contributed by atoms with Crippen molar-refractivity contribution in [2.75, 3.05) is 13.2 Å². The van der Waals surface area contributed by atoms with E-state index in [1.807, 2.05) is 0 Å². The number of carbonyl (C=O) groups is 2. The Hall–Kier alpha value is -1.96. The third-order valence-corrected chi connectivity index (χ3v) is 5.77. The molecule has 4 aliphatic rings. The van der Waals surface area contributed by atoms with E-state index in [2.05, 4.69) is 0 Å². The molecule has 1 aliphatic carbocycles. The van der Waals surface area contributed by atoms with Crippen LogP contribution in [0.3, 0.4) is 0 Å². The van der Waals surface area contributed by atoms with E-state index < -0.39 is 17.7 Å². The molecule has 1 saturated carbocycles. The lowest BCUT2D eigenvalue weighted by molar-refractivity contribution is -0.0247. The molecule has 4 unspecified atom stereocenters. The molecule has 7 heteroatoms. The Kier molecular flexibility index (Phi) is 4.00. The zero-order chi connectivity index (χ0) is 18.6. The van der Waals surface area contributed by atoms with Gasteiger partial charge >= 0.3 is 11.9 Å². The molecule has 1 aromatic rings. The van der Waals surface area contributed by atoms with E-state index >= 15 is 0 Å². The second kappa shape index (κ2) is 6.29. The molecule has 27 heavy (non-hydrogen) atoms. The van der Waals surface area contributed by atoms with Crippen molar-refractivity contribution in [3.63, 3.8) is 0 Å². The van der Waals surface area contributed by atoms with Gasteiger partial charge in [-0.25, -0.2) is 9.59 Å². The van der Waals surface area contributed by atoms with Crippen LogP contribution >= 0.6 is 0 Å². The predicted molar refractivity (Wildman–Crippen MR) is 91.8 cm³/mol. The first-order valence-corrected chi connectivity index (χ1v) is 9.57. The van der Waals surface area contributed by atoms with E-state index in [0.717, 1.165) is 30.4 Å². The number of carbonyl (C=O) groups excluding carboxylic acids is 1. The van der Waals surface area contributed by atoms with Crippen LogP contribution in [0.1, 0.15) is 57.5 Å². The summed E-state index contributed by atoms with van der Waals surface area (Å²) in [7, 11) is 0. The molecule has 1 aromatic carbocycles. The molecule has 144 valence electrons. The minimum absolute atomic E-state index is 0.0273. The van der Waals surface area contributed by atoms with Crippen molar-refractivity contribution in [2.45, 2.75) is 62.6 Å². The summed E-state index contributed by atoms with van der Waals surface area (Å²) in [5.41, 5.74) is 1.89. The molecule has 5 rings (SSSR count). The normalized spacial score (nSPS) is 33.1. The van der Waals surface area contributed by atoms with Gasteiger partial charge in [-0.1, -0.05) is 6.42 Å². The maximum Gasteiger partial charge on any atom is 0.341 e. The van der Waals surface area contributed by atoms with Crippen LogP contribution in [0.2, 0.25) is 0 Å². The molecule has 0 spiro atoms. The Labute approximate surface area is 156 Å². The molecule has 0 radical (unpaired) electrons. The lowest BCUT2D eigenvalue weighted by Crippen LogP contribution is -2.28. The Balaban J connectivity index is 1.45. The molecular weight excluding hydrogens is 352 g/mol. The number of ether oxygens (including phenoxy) is 4. The number of rotatable bonds is 7. The molecule has 1 N–H and O–H groups in total. The second-order valence-electron chi connectivity index (χ2n) is 7.84. The molecular formula is C20H22O7. The maximum atomic E-state index is 12.8. The molecule has 3 saturated heterocycles. The van der Waals surface area contributed by atoms with Gasteiger partial charge in [-0.05, 0) is 36.1 Å².